The van der Waals surface area contributed by atoms with Gasteiger partial charge in [0, 0.05) is 12.4 Å². The van der Waals surface area contributed by atoms with E-state index in [1.54, 1.807) is 24.1 Å². The summed E-state index contributed by atoms with van der Waals surface area (Å²) in [5.41, 5.74) is 7.82. The van der Waals surface area contributed by atoms with Gasteiger partial charge in [0.1, 0.15) is 11.5 Å². The number of anilines is 1. The van der Waals surface area contributed by atoms with Crippen LogP contribution in [0.15, 0.2) is 45.5 Å². The van der Waals surface area contributed by atoms with Crippen molar-refractivity contribution in [3.8, 4) is 0 Å². The Bertz CT molecular complexity index is 806. The number of nitrogens with zero attached hydrogens (tertiary/aromatic N) is 1. The van der Waals surface area contributed by atoms with Crippen LogP contribution in [-0.4, -0.2) is 22.8 Å². The van der Waals surface area contributed by atoms with Crippen LogP contribution >= 0.6 is 15.9 Å². The van der Waals surface area contributed by atoms with Gasteiger partial charge in [-0.25, -0.2) is 0 Å². The molecule has 0 aliphatic heterocycles. The minimum atomic E-state index is -0.113. The van der Waals surface area contributed by atoms with Crippen LogP contribution in [-0.2, 0) is 6.54 Å². The second-order valence-corrected chi connectivity index (χ2v) is 5.64. The molecule has 2 heterocycles. The van der Waals surface area contributed by atoms with Crippen molar-refractivity contribution in [3.05, 3.63) is 52.5 Å². The largest absolute Gasteiger partial charge is 0.452 e. The van der Waals surface area contributed by atoms with Crippen molar-refractivity contribution in [2.75, 3.05) is 12.8 Å². The Hall–Kier alpha value is -2.21. The molecule has 0 bridgehead atoms. The fourth-order valence-corrected chi connectivity index (χ4v) is 2.58. The van der Waals surface area contributed by atoms with Gasteiger partial charge in [-0.2, -0.15) is 0 Å². The summed E-state index contributed by atoms with van der Waals surface area (Å²) in [6.07, 6.45) is 0. The molecule has 21 heavy (non-hydrogen) atoms. The highest BCUT2D eigenvalue weighted by molar-refractivity contribution is 9.10. The molecule has 0 atom stereocenters. The highest BCUT2D eigenvalue weighted by atomic mass is 79.9. The minimum Gasteiger partial charge on any atom is -0.452 e. The van der Waals surface area contributed by atoms with Gasteiger partial charge in [0.25, 0.3) is 5.91 Å². The first kappa shape index (κ1) is 13.8. The number of rotatable bonds is 3. The third-order valence-corrected chi connectivity index (χ3v) is 3.71. The number of carbonyl (C=O) groups is 1. The van der Waals surface area contributed by atoms with E-state index in [1.807, 2.05) is 24.3 Å². The van der Waals surface area contributed by atoms with Crippen molar-refractivity contribution in [2.45, 2.75) is 6.54 Å². The first-order chi connectivity index (χ1) is 10.0. The molecule has 1 amide bonds. The maximum absolute atomic E-state index is 12.4. The van der Waals surface area contributed by atoms with Gasteiger partial charge in [-0.05, 0) is 40.2 Å². The molecule has 0 aliphatic rings. The lowest BCUT2D eigenvalue weighted by molar-refractivity contribution is 0.0770. The van der Waals surface area contributed by atoms with E-state index in [1.165, 1.54) is 0 Å². The summed E-state index contributed by atoms with van der Waals surface area (Å²) in [6, 6.07) is 11.0. The standard InChI is InChI=1S/C15H14BrN3O2/c1-19(8-10-5-6-13(16)21-10)15(20)12-7-9-3-2-4-11(17)14(9)18-12/h2-7,18H,8,17H2,1H3. The fraction of sp³-hybridized carbons (Fsp3) is 0.133. The van der Waals surface area contributed by atoms with Gasteiger partial charge < -0.3 is 20.0 Å². The van der Waals surface area contributed by atoms with E-state index >= 15 is 0 Å². The molecule has 0 fully saturated rings. The molecule has 3 N–H and O–H groups in total. The third-order valence-electron chi connectivity index (χ3n) is 3.29. The topological polar surface area (TPSA) is 75.3 Å². The fourth-order valence-electron chi connectivity index (χ4n) is 2.24. The van der Waals surface area contributed by atoms with E-state index in [-0.39, 0.29) is 5.91 Å². The molecule has 3 aromatic rings. The number of nitrogens with one attached hydrogen (secondary N) is 1. The molecule has 5 nitrogen and oxygen atoms in total. The number of nitrogen functional groups attached to an aromatic ring is 1. The lowest BCUT2D eigenvalue weighted by Crippen LogP contribution is -2.26. The number of para-hydroxylation sites is 1. The van der Waals surface area contributed by atoms with E-state index < -0.39 is 0 Å². The first-order valence-corrected chi connectivity index (χ1v) is 7.21. The number of hydrogen-bond donors (Lipinski definition) is 2. The summed E-state index contributed by atoms with van der Waals surface area (Å²) < 4.78 is 6.06. The average molecular weight is 348 g/mol. The second-order valence-electron chi connectivity index (χ2n) is 4.86. The Balaban J connectivity index is 1.84. The number of halogens is 1. The number of nitrogens with two attached hydrogens (primary N) is 1. The van der Waals surface area contributed by atoms with Crippen molar-refractivity contribution in [2.24, 2.45) is 0 Å². The number of hydrogen-bond acceptors (Lipinski definition) is 3. The van der Waals surface area contributed by atoms with Crippen LogP contribution in [0.3, 0.4) is 0 Å². The van der Waals surface area contributed by atoms with Crippen molar-refractivity contribution in [3.63, 3.8) is 0 Å². The second kappa shape index (κ2) is 5.29. The maximum atomic E-state index is 12.4. The third kappa shape index (κ3) is 2.67. The molecule has 0 saturated carbocycles. The van der Waals surface area contributed by atoms with Gasteiger partial charge in [-0.3, -0.25) is 4.79 Å². The molecule has 0 unspecified atom stereocenters. The number of aromatic nitrogens is 1. The zero-order chi connectivity index (χ0) is 15.0. The number of carbonyl (C=O) groups excluding carboxylic acids is 1. The predicted molar refractivity (Wildman–Crippen MR) is 84.9 cm³/mol. The number of H-pyrrole nitrogens is 1. The first-order valence-electron chi connectivity index (χ1n) is 6.41. The highest BCUT2D eigenvalue weighted by Gasteiger charge is 2.16. The molecule has 1 aromatic carbocycles. The lowest BCUT2D eigenvalue weighted by Gasteiger charge is -2.14. The Kier molecular flexibility index (Phi) is 3.47. The molecule has 0 aliphatic carbocycles. The lowest BCUT2D eigenvalue weighted by atomic mass is 10.2. The van der Waals surface area contributed by atoms with Crippen LogP contribution in [0.1, 0.15) is 16.2 Å². The summed E-state index contributed by atoms with van der Waals surface area (Å²) in [4.78, 5) is 17.1. The Labute approximate surface area is 129 Å². The Morgan fingerprint density at radius 1 is 1.38 bits per heavy atom. The monoisotopic (exact) mass is 347 g/mol. The Morgan fingerprint density at radius 2 is 2.19 bits per heavy atom. The van der Waals surface area contributed by atoms with E-state index in [2.05, 4.69) is 20.9 Å². The molecule has 0 saturated heterocycles. The Morgan fingerprint density at radius 3 is 2.86 bits per heavy atom. The number of fused-ring (bicyclic) bond motifs is 1. The molecule has 0 radical (unpaired) electrons. The van der Waals surface area contributed by atoms with Crippen LogP contribution in [0.2, 0.25) is 0 Å². The van der Waals surface area contributed by atoms with Crippen molar-refractivity contribution >= 4 is 38.4 Å². The smallest absolute Gasteiger partial charge is 0.270 e. The number of benzene rings is 1. The van der Waals surface area contributed by atoms with Gasteiger partial charge >= 0.3 is 0 Å². The molecule has 108 valence electrons. The molecular formula is C15H14BrN3O2. The molecule has 2 aromatic heterocycles. The van der Waals surface area contributed by atoms with Crippen LogP contribution in [0.5, 0.6) is 0 Å². The van der Waals surface area contributed by atoms with Crippen LogP contribution in [0.4, 0.5) is 5.69 Å². The van der Waals surface area contributed by atoms with Crippen molar-refractivity contribution < 1.29 is 9.21 Å². The van der Waals surface area contributed by atoms with Gasteiger partial charge in [-0.1, -0.05) is 12.1 Å². The van der Waals surface area contributed by atoms with E-state index in [0.717, 1.165) is 10.9 Å². The predicted octanol–water partition coefficient (Wildman–Crippen LogP) is 3.38. The van der Waals surface area contributed by atoms with E-state index in [4.69, 9.17) is 10.2 Å². The zero-order valence-electron chi connectivity index (χ0n) is 11.4. The molecular weight excluding hydrogens is 334 g/mol. The normalized spacial score (nSPS) is 11.0. The summed E-state index contributed by atoms with van der Waals surface area (Å²) in [5, 5.41) is 0.924. The molecule has 6 heteroatoms. The number of aromatic amines is 1. The van der Waals surface area contributed by atoms with E-state index in [0.29, 0.717) is 28.4 Å². The number of furan rings is 1. The molecule has 0 spiro atoms. The highest BCUT2D eigenvalue weighted by Crippen LogP contribution is 2.22. The van der Waals surface area contributed by atoms with Crippen LogP contribution < -0.4 is 5.73 Å². The van der Waals surface area contributed by atoms with Crippen molar-refractivity contribution in [1.29, 1.82) is 0 Å². The van der Waals surface area contributed by atoms with E-state index in [9.17, 15) is 4.79 Å². The van der Waals surface area contributed by atoms with Gasteiger partial charge in [-0.15, -0.1) is 0 Å². The molecule has 3 rings (SSSR count). The quantitative estimate of drug-likeness (QED) is 0.713. The zero-order valence-corrected chi connectivity index (χ0v) is 13.0. The van der Waals surface area contributed by atoms with Gasteiger partial charge in [0.05, 0.1) is 17.7 Å². The summed E-state index contributed by atoms with van der Waals surface area (Å²) in [5.74, 6) is 0.603. The van der Waals surface area contributed by atoms with Crippen molar-refractivity contribution in [1.82, 2.24) is 9.88 Å². The SMILES string of the molecule is CN(Cc1ccc(Br)o1)C(=O)c1cc2cccc(N)c2[nH]1. The summed E-state index contributed by atoms with van der Waals surface area (Å²) >= 11 is 3.25. The summed E-state index contributed by atoms with van der Waals surface area (Å²) in [6.45, 7) is 0.398. The van der Waals surface area contributed by atoms with Gasteiger partial charge in [0.15, 0.2) is 4.67 Å². The minimum absolute atomic E-state index is 0.113. The maximum Gasteiger partial charge on any atom is 0.270 e. The van der Waals surface area contributed by atoms with Crippen LogP contribution in [0.25, 0.3) is 10.9 Å². The van der Waals surface area contributed by atoms with Gasteiger partial charge in [0.2, 0.25) is 0 Å². The van der Waals surface area contributed by atoms with Crippen LogP contribution in [0, 0.1) is 0 Å². The number of amides is 1. The summed E-state index contributed by atoms with van der Waals surface area (Å²) in [7, 11) is 1.73. The average Bonchev–Trinajstić information content (AvgIpc) is 3.05.